The number of thioether (sulfide) groups is 2. The van der Waals surface area contributed by atoms with E-state index >= 15 is 0 Å². The minimum atomic E-state index is 0.795. The largest absolute Gasteiger partial charge is 0.384 e. The smallest absolute Gasteiger partial charge is 0.0556 e. The Balaban J connectivity index is 1.92. The zero-order chi connectivity index (χ0) is 14.2. The number of hydrogen-bond acceptors (Lipinski definition) is 4. The predicted molar refractivity (Wildman–Crippen MR) is 91.4 cm³/mol. The lowest BCUT2D eigenvalue weighted by Gasteiger charge is -2.05. The summed E-state index contributed by atoms with van der Waals surface area (Å²) >= 11 is 5.40. The highest BCUT2D eigenvalue weighted by molar-refractivity contribution is 8.00. The molecule has 0 aromatic heterocycles. The summed E-state index contributed by atoms with van der Waals surface area (Å²) in [5.74, 6) is 0.999. The molecule has 0 unspecified atom stereocenters. The molecule has 20 heavy (non-hydrogen) atoms. The van der Waals surface area contributed by atoms with Gasteiger partial charge in [-0.05, 0) is 54.8 Å². The van der Waals surface area contributed by atoms with Gasteiger partial charge in [-0.2, -0.15) is 0 Å². The second-order valence-electron chi connectivity index (χ2n) is 4.09. The minimum Gasteiger partial charge on any atom is -0.384 e. The summed E-state index contributed by atoms with van der Waals surface area (Å²) in [5, 5.41) is 0. The molecule has 0 atom stereocenters. The number of benzene rings is 2. The van der Waals surface area contributed by atoms with Gasteiger partial charge in [0, 0.05) is 32.4 Å². The Kier molecular flexibility index (Phi) is 6.87. The highest BCUT2D eigenvalue weighted by Crippen LogP contribution is 2.30. The third-order valence-corrected chi connectivity index (χ3v) is 5.41. The van der Waals surface area contributed by atoms with Crippen LogP contribution in [0.25, 0.3) is 0 Å². The SMILES string of the molecule is COCCSc1ccc(Sc2ccc(SC)cc2)cc1. The monoisotopic (exact) mass is 322 g/mol. The van der Waals surface area contributed by atoms with Crippen molar-refractivity contribution in [1.82, 2.24) is 0 Å². The van der Waals surface area contributed by atoms with Crippen molar-refractivity contribution in [3.8, 4) is 0 Å². The summed E-state index contributed by atoms with van der Waals surface area (Å²) in [7, 11) is 1.74. The van der Waals surface area contributed by atoms with Gasteiger partial charge in [0.2, 0.25) is 0 Å². The molecular weight excluding hydrogens is 304 g/mol. The third kappa shape index (κ3) is 5.09. The van der Waals surface area contributed by atoms with E-state index in [0.717, 1.165) is 12.4 Å². The van der Waals surface area contributed by atoms with Crippen molar-refractivity contribution in [2.24, 2.45) is 0 Å². The molecule has 0 spiro atoms. The molecule has 2 aromatic carbocycles. The first kappa shape index (κ1) is 15.8. The van der Waals surface area contributed by atoms with Gasteiger partial charge in [0.15, 0.2) is 0 Å². The van der Waals surface area contributed by atoms with Crippen LogP contribution in [0.15, 0.2) is 68.1 Å². The molecule has 0 saturated carbocycles. The van der Waals surface area contributed by atoms with E-state index in [2.05, 4.69) is 54.8 Å². The molecule has 2 rings (SSSR count). The molecular formula is C16H18OS3. The Morgan fingerprint density at radius 3 is 1.80 bits per heavy atom. The van der Waals surface area contributed by atoms with Crippen LogP contribution in [0.4, 0.5) is 0 Å². The molecule has 0 N–H and O–H groups in total. The van der Waals surface area contributed by atoms with Crippen LogP contribution in [0.1, 0.15) is 0 Å². The van der Waals surface area contributed by atoms with Crippen LogP contribution in [-0.4, -0.2) is 25.7 Å². The maximum Gasteiger partial charge on any atom is 0.0556 e. The zero-order valence-corrected chi connectivity index (χ0v) is 14.1. The van der Waals surface area contributed by atoms with Gasteiger partial charge < -0.3 is 4.74 Å². The van der Waals surface area contributed by atoms with Crippen LogP contribution in [0, 0.1) is 0 Å². The molecule has 0 aliphatic rings. The predicted octanol–water partition coefficient (Wildman–Crippen LogP) is 5.30. The van der Waals surface area contributed by atoms with Crippen molar-refractivity contribution in [3.63, 3.8) is 0 Å². The average molecular weight is 323 g/mol. The van der Waals surface area contributed by atoms with Crippen LogP contribution in [0.2, 0.25) is 0 Å². The number of methoxy groups -OCH3 is 1. The van der Waals surface area contributed by atoms with E-state index < -0.39 is 0 Å². The fourth-order valence-electron chi connectivity index (χ4n) is 1.63. The molecule has 0 bridgehead atoms. The summed E-state index contributed by atoms with van der Waals surface area (Å²) < 4.78 is 5.06. The maximum absolute atomic E-state index is 5.06. The van der Waals surface area contributed by atoms with Gasteiger partial charge in [0.1, 0.15) is 0 Å². The van der Waals surface area contributed by atoms with Crippen molar-refractivity contribution < 1.29 is 4.74 Å². The van der Waals surface area contributed by atoms with Gasteiger partial charge in [-0.3, -0.25) is 0 Å². The lowest BCUT2D eigenvalue weighted by atomic mass is 10.4. The molecule has 2 aromatic rings. The van der Waals surface area contributed by atoms with E-state index in [1.165, 1.54) is 19.6 Å². The van der Waals surface area contributed by atoms with Gasteiger partial charge in [-0.1, -0.05) is 11.8 Å². The van der Waals surface area contributed by atoms with Gasteiger partial charge in [-0.15, -0.1) is 23.5 Å². The van der Waals surface area contributed by atoms with Gasteiger partial charge >= 0.3 is 0 Å². The lowest BCUT2D eigenvalue weighted by Crippen LogP contribution is -1.90. The fraction of sp³-hybridized carbons (Fsp3) is 0.250. The number of hydrogen-bond donors (Lipinski definition) is 0. The zero-order valence-electron chi connectivity index (χ0n) is 11.7. The highest BCUT2D eigenvalue weighted by atomic mass is 32.2. The quantitative estimate of drug-likeness (QED) is 0.505. The average Bonchev–Trinajstić information content (AvgIpc) is 2.50. The summed E-state index contributed by atoms with van der Waals surface area (Å²) in [6.07, 6.45) is 2.10. The Bertz CT molecular complexity index is 508. The van der Waals surface area contributed by atoms with Gasteiger partial charge in [0.05, 0.1) is 6.61 Å². The number of rotatable bonds is 7. The van der Waals surface area contributed by atoms with Crippen LogP contribution >= 0.6 is 35.3 Å². The second-order valence-corrected chi connectivity index (χ2v) is 7.29. The lowest BCUT2D eigenvalue weighted by molar-refractivity contribution is 0.218. The van der Waals surface area contributed by atoms with E-state index in [1.807, 2.05) is 11.8 Å². The molecule has 0 heterocycles. The van der Waals surface area contributed by atoms with Crippen molar-refractivity contribution in [3.05, 3.63) is 48.5 Å². The third-order valence-electron chi connectivity index (χ3n) is 2.68. The second kappa shape index (κ2) is 8.67. The van der Waals surface area contributed by atoms with Crippen LogP contribution in [-0.2, 0) is 4.74 Å². The van der Waals surface area contributed by atoms with Crippen molar-refractivity contribution in [2.75, 3.05) is 25.7 Å². The van der Waals surface area contributed by atoms with Crippen molar-refractivity contribution in [1.29, 1.82) is 0 Å². The molecule has 0 aliphatic heterocycles. The van der Waals surface area contributed by atoms with Gasteiger partial charge in [0.25, 0.3) is 0 Å². The molecule has 0 aliphatic carbocycles. The highest BCUT2D eigenvalue weighted by Gasteiger charge is 1.99. The Hall–Kier alpha value is -0.550. The van der Waals surface area contributed by atoms with E-state index in [1.54, 1.807) is 30.6 Å². The van der Waals surface area contributed by atoms with E-state index in [4.69, 9.17) is 4.74 Å². The first-order valence-electron chi connectivity index (χ1n) is 6.35. The maximum atomic E-state index is 5.06. The van der Waals surface area contributed by atoms with Crippen molar-refractivity contribution in [2.45, 2.75) is 19.6 Å². The normalized spacial score (nSPS) is 10.7. The summed E-state index contributed by atoms with van der Waals surface area (Å²) in [6, 6.07) is 17.4. The molecule has 106 valence electrons. The van der Waals surface area contributed by atoms with E-state index in [-0.39, 0.29) is 0 Å². The summed E-state index contributed by atoms with van der Waals surface area (Å²) in [4.78, 5) is 5.16. The molecule has 0 amide bonds. The van der Waals surface area contributed by atoms with Crippen LogP contribution in [0.5, 0.6) is 0 Å². The topological polar surface area (TPSA) is 9.23 Å². The van der Waals surface area contributed by atoms with Gasteiger partial charge in [-0.25, -0.2) is 0 Å². The summed E-state index contributed by atoms with van der Waals surface area (Å²) in [6.45, 7) is 0.795. The molecule has 0 fully saturated rings. The minimum absolute atomic E-state index is 0.795. The van der Waals surface area contributed by atoms with Crippen LogP contribution < -0.4 is 0 Å². The molecule has 4 heteroatoms. The Labute approximate surface area is 133 Å². The fourth-order valence-corrected chi connectivity index (χ4v) is 3.67. The standard InChI is InChI=1S/C16H18OS3/c1-17-11-12-19-14-5-9-16(10-6-14)20-15-7-3-13(18-2)4-8-15/h3-10H,11-12H2,1-2H3. The Morgan fingerprint density at radius 2 is 1.30 bits per heavy atom. The van der Waals surface area contributed by atoms with Crippen LogP contribution in [0.3, 0.4) is 0 Å². The van der Waals surface area contributed by atoms with E-state index in [0.29, 0.717) is 0 Å². The number of ether oxygens (including phenoxy) is 1. The van der Waals surface area contributed by atoms with E-state index in [9.17, 15) is 0 Å². The Morgan fingerprint density at radius 1 is 0.800 bits per heavy atom. The molecule has 0 saturated heterocycles. The first-order chi connectivity index (χ1) is 9.81. The van der Waals surface area contributed by atoms with Crippen molar-refractivity contribution >= 4 is 35.3 Å². The molecule has 1 nitrogen and oxygen atoms in total. The first-order valence-corrected chi connectivity index (χ1v) is 9.38. The molecule has 0 radical (unpaired) electrons. The summed E-state index contributed by atoms with van der Waals surface area (Å²) in [5.41, 5.74) is 0.